The van der Waals surface area contributed by atoms with Gasteiger partial charge in [-0.05, 0) is 43.2 Å². The standard InChI is InChI=1S/C23H27N3O5/c1-4-31-19(27)14-26(22(29)17-11-8-12-18(24)13-17)23(30)20(15(2)3)25-21(28)16-9-6-5-7-10-16/h5-13,15,20H,4,14,24H2,1-3H3,(H,25,28)/t20-/m0/s1. The van der Waals surface area contributed by atoms with Crippen molar-refractivity contribution >= 4 is 29.4 Å². The molecule has 2 aromatic rings. The maximum absolute atomic E-state index is 13.3. The molecule has 0 aliphatic rings. The van der Waals surface area contributed by atoms with Gasteiger partial charge in [0.05, 0.1) is 6.61 Å². The van der Waals surface area contributed by atoms with E-state index in [-0.39, 0.29) is 18.1 Å². The molecule has 0 aromatic heterocycles. The number of amides is 3. The van der Waals surface area contributed by atoms with Crippen LogP contribution >= 0.6 is 0 Å². The van der Waals surface area contributed by atoms with E-state index in [9.17, 15) is 19.2 Å². The molecule has 1 atom stereocenters. The van der Waals surface area contributed by atoms with Crippen LogP contribution in [-0.2, 0) is 14.3 Å². The first-order valence-electron chi connectivity index (χ1n) is 9.97. The van der Waals surface area contributed by atoms with E-state index in [0.29, 0.717) is 11.3 Å². The van der Waals surface area contributed by atoms with Crippen LogP contribution in [0.3, 0.4) is 0 Å². The number of anilines is 1. The first kappa shape index (κ1) is 23.6. The zero-order chi connectivity index (χ0) is 23.0. The van der Waals surface area contributed by atoms with Crippen LogP contribution in [0.15, 0.2) is 54.6 Å². The van der Waals surface area contributed by atoms with Crippen molar-refractivity contribution in [3.8, 4) is 0 Å². The number of nitrogens with one attached hydrogen (secondary N) is 1. The highest BCUT2D eigenvalue weighted by molar-refractivity contribution is 6.09. The average molecular weight is 425 g/mol. The van der Waals surface area contributed by atoms with Gasteiger partial charge in [-0.15, -0.1) is 0 Å². The molecule has 0 fully saturated rings. The molecule has 0 saturated carbocycles. The predicted molar refractivity (Wildman–Crippen MR) is 116 cm³/mol. The number of hydrogen-bond donors (Lipinski definition) is 2. The summed E-state index contributed by atoms with van der Waals surface area (Å²) in [5, 5.41) is 2.68. The van der Waals surface area contributed by atoms with E-state index >= 15 is 0 Å². The summed E-state index contributed by atoms with van der Waals surface area (Å²) in [6, 6.07) is 13.5. The molecule has 3 amide bonds. The van der Waals surface area contributed by atoms with Gasteiger partial charge in [0.2, 0.25) is 0 Å². The summed E-state index contributed by atoms with van der Waals surface area (Å²) in [6.45, 7) is 4.62. The van der Waals surface area contributed by atoms with Crippen LogP contribution in [0, 0.1) is 5.92 Å². The van der Waals surface area contributed by atoms with Crippen LogP contribution < -0.4 is 11.1 Å². The van der Waals surface area contributed by atoms with E-state index in [1.807, 2.05) is 0 Å². The minimum Gasteiger partial charge on any atom is -0.465 e. The van der Waals surface area contributed by atoms with Crippen molar-refractivity contribution in [3.63, 3.8) is 0 Å². The van der Waals surface area contributed by atoms with Gasteiger partial charge in [0.15, 0.2) is 0 Å². The number of nitrogen functional groups attached to an aromatic ring is 1. The molecule has 8 heteroatoms. The molecule has 0 unspecified atom stereocenters. The molecule has 0 spiro atoms. The van der Waals surface area contributed by atoms with E-state index in [4.69, 9.17) is 10.5 Å². The summed E-state index contributed by atoms with van der Waals surface area (Å²) in [5.41, 5.74) is 6.62. The second-order valence-corrected chi connectivity index (χ2v) is 7.22. The van der Waals surface area contributed by atoms with E-state index < -0.39 is 36.3 Å². The van der Waals surface area contributed by atoms with Gasteiger partial charge in [-0.3, -0.25) is 24.1 Å². The number of esters is 1. The normalized spacial score (nSPS) is 11.5. The van der Waals surface area contributed by atoms with Gasteiger partial charge in [0.1, 0.15) is 12.6 Å². The lowest BCUT2D eigenvalue weighted by atomic mass is 10.0. The maximum Gasteiger partial charge on any atom is 0.326 e. The van der Waals surface area contributed by atoms with E-state index in [1.54, 1.807) is 63.2 Å². The number of imide groups is 1. The SMILES string of the molecule is CCOC(=O)CN(C(=O)c1cccc(N)c1)C(=O)[C@@H](NC(=O)c1ccccc1)C(C)C. The van der Waals surface area contributed by atoms with Gasteiger partial charge in [0.25, 0.3) is 17.7 Å². The molecule has 2 rings (SSSR count). The Morgan fingerprint density at radius 1 is 1.00 bits per heavy atom. The van der Waals surface area contributed by atoms with Gasteiger partial charge in [-0.25, -0.2) is 0 Å². The third-order valence-corrected chi connectivity index (χ3v) is 4.49. The third kappa shape index (κ3) is 6.40. The van der Waals surface area contributed by atoms with Gasteiger partial charge >= 0.3 is 5.97 Å². The van der Waals surface area contributed by atoms with Crippen LogP contribution in [0.25, 0.3) is 0 Å². The number of nitrogens with two attached hydrogens (primary N) is 1. The molecular formula is C23H27N3O5. The minimum atomic E-state index is -1.04. The monoisotopic (exact) mass is 425 g/mol. The Morgan fingerprint density at radius 2 is 1.65 bits per heavy atom. The molecule has 0 saturated heterocycles. The van der Waals surface area contributed by atoms with Crippen LogP contribution in [0.5, 0.6) is 0 Å². The van der Waals surface area contributed by atoms with E-state index in [1.165, 1.54) is 12.1 Å². The highest BCUT2D eigenvalue weighted by Crippen LogP contribution is 2.14. The van der Waals surface area contributed by atoms with Gasteiger partial charge < -0.3 is 15.8 Å². The van der Waals surface area contributed by atoms with Crippen molar-refractivity contribution < 1.29 is 23.9 Å². The van der Waals surface area contributed by atoms with Crippen molar-refractivity contribution in [1.29, 1.82) is 0 Å². The second kappa shape index (κ2) is 10.9. The lowest BCUT2D eigenvalue weighted by molar-refractivity contribution is -0.148. The zero-order valence-electron chi connectivity index (χ0n) is 17.8. The number of benzene rings is 2. The molecule has 3 N–H and O–H groups in total. The summed E-state index contributed by atoms with van der Waals surface area (Å²) < 4.78 is 4.93. The molecule has 0 bridgehead atoms. The van der Waals surface area contributed by atoms with Crippen molar-refractivity contribution in [1.82, 2.24) is 10.2 Å². The summed E-state index contributed by atoms with van der Waals surface area (Å²) in [6.07, 6.45) is 0. The fourth-order valence-electron chi connectivity index (χ4n) is 2.91. The fraction of sp³-hybridized carbons (Fsp3) is 0.304. The Bertz CT molecular complexity index is 943. The summed E-state index contributed by atoms with van der Waals surface area (Å²) in [4.78, 5) is 52.0. The van der Waals surface area contributed by atoms with E-state index in [2.05, 4.69) is 5.32 Å². The summed E-state index contributed by atoms with van der Waals surface area (Å²) in [7, 11) is 0. The summed E-state index contributed by atoms with van der Waals surface area (Å²) >= 11 is 0. The van der Waals surface area contributed by atoms with Crippen molar-refractivity contribution in [2.45, 2.75) is 26.8 Å². The quantitative estimate of drug-likeness (QED) is 0.495. The first-order chi connectivity index (χ1) is 14.7. The van der Waals surface area contributed by atoms with Crippen LogP contribution in [0.2, 0.25) is 0 Å². The van der Waals surface area contributed by atoms with Crippen molar-refractivity contribution in [2.75, 3.05) is 18.9 Å². The fourth-order valence-corrected chi connectivity index (χ4v) is 2.91. The van der Waals surface area contributed by atoms with Crippen molar-refractivity contribution in [3.05, 3.63) is 65.7 Å². The number of carbonyl (C=O) groups is 4. The predicted octanol–water partition coefficient (Wildman–Crippen LogP) is 2.26. The molecule has 2 aromatic carbocycles. The molecule has 0 aliphatic heterocycles. The van der Waals surface area contributed by atoms with Gasteiger partial charge in [0, 0.05) is 16.8 Å². The van der Waals surface area contributed by atoms with Gasteiger partial charge in [-0.2, -0.15) is 0 Å². The lowest BCUT2D eigenvalue weighted by Crippen LogP contribution is -2.54. The highest BCUT2D eigenvalue weighted by atomic mass is 16.5. The average Bonchev–Trinajstić information content (AvgIpc) is 2.75. The molecule has 8 nitrogen and oxygen atoms in total. The molecular weight excluding hydrogens is 398 g/mol. The van der Waals surface area contributed by atoms with Crippen LogP contribution in [0.1, 0.15) is 41.5 Å². The number of rotatable bonds is 8. The topological polar surface area (TPSA) is 119 Å². The number of nitrogens with zero attached hydrogens (tertiary/aromatic N) is 1. The third-order valence-electron chi connectivity index (χ3n) is 4.49. The Balaban J connectivity index is 2.34. The lowest BCUT2D eigenvalue weighted by Gasteiger charge is -2.28. The summed E-state index contributed by atoms with van der Waals surface area (Å²) in [5.74, 6) is -2.95. The highest BCUT2D eigenvalue weighted by Gasteiger charge is 2.34. The Morgan fingerprint density at radius 3 is 2.23 bits per heavy atom. The number of carbonyl (C=O) groups excluding carboxylic acids is 4. The smallest absolute Gasteiger partial charge is 0.326 e. The minimum absolute atomic E-state index is 0.103. The molecule has 0 heterocycles. The molecule has 164 valence electrons. The Kier molecular flexibility index (Phi) is 8.31. The van der Waals surface area contributed by atoms with E-state index in [0.717, 1.165) is 4.90 Å². The first-order valence-corrected chi connectivity index (χ1v) is 9.97. The molecule has 0 radical (unpaired) electrons. The number of ether oxygens (including phenoxy) is 1. The second-order valence-electron chi connectivity index (χ2n) is 7.22. The molecule has 0 aliphatic carbocycles. The number of hydrogen-bond acceptors (Lipinski definition) is 6. The Labute approximate surface area is 181 Å². The van der Waals surface area contributed by atoms with Gasteiger partial charge in [-0.1, -0.05) is 38.1 Å². The largest absolute Gasteiger partial charge is 0.465 e. The maximum atomic E-state index is 13.3. The van der Waals surface area contributed by atoms with Crippen molar-refractivity contribution in [2.24, 2.45) is 5.92 Å². The Hall–Kier alpha value is -3.68. The van der Waals surface area contributed by atoms with Crippen LogP contribution in [0.4, 0.5) is 5.69 Å². The zero-order valence-corrected chi connectivity index (χ0v) is 17.8. The van der Waals surface area contributed by atoms with Crippen LogP contribution in [-0.4, -0.2) is 47.8 Å². The molecule has 31 heavy (non-hydrogen) atoms.